The Kier molecular flexibility index (Phi) is 6.52. The molecule has 0 aliphatic heterocycles. The number of carbonyl (C=O) groups is 1. The topological polar surface area (TPSA) is 50.4 Å². The lowest BCUT2D eigenvalue weighted by molar-refractivity contribution is -0.123. The molecule has 1 amide bonds. The highest BCUT2D eigenvalue weighted by Gasteiger charge is 2.32. The minimum atomic E-state index is 0.0357. The number of carbonyl (C=O) groups excluding carboxylic acids is 1. The largest absolute Gasteiger partial charge is 0.380 e. The van der Waals surface area contributed by atoms with Gasteiger partial charge in [0, 0.05) is 25.1 Å². The van der Waals surface area contributed by atoms with Gasteiger partial charge in [-0.25, -0.2) is 0 Å². The Labute approximate surface area is 104 Å². The third kappa shape index (κ3) is 5.04. The van der Waals surface area contributed by atoms with Gasteiger partial charge in [-0.3, -0.25) is 4.79 Å². The zero-order valence-corrected chi connectivity index (χ0v) is 11.2. The van der Waals surface area contributed by atoms with Crippen molar-refractivity contribution in [2.45, 2.75) is 51.0 Å². The van der Waals surface area contributed by atoms with E-state index in [9.17, 15) is 4.79 Å². The van der Waals surface area contributed by atoms with E-state index in [1.807, 2.05) is 14.0 Å². The Morgan fingerprint density at radius 3 is 2.59 bits per heavy atom. The first kappa shape index (κ1) is 14.5. The van der Waals surface area contributed by atoms with Crippen molar-refractivity contribution in [3.8, 4) is 0 Å². The van der Waals surface area contributed by atoms with Crippen molar-refractivity contribution in [1.82, 2.24) is 10.6 Å². The number of amides is 1. The quantitative estimate of drug-likeness (QED) is 0.664. The molecule has 4 nitrogen and oxygen atoms in total. The Balaban J connectivity index is 2.27. The van der Waals surface area contributed by atoms with Gasteiger partial charge in [-0.05, 0) is 26.8 Å². The van der Waals surface area contributed by atoms with Crippen molar-refractivity contribution >= 4 is 5.91 Å². The first-order chi connectivity index (χ1) is 8.22. The van der Waals surface area contributed by atoms with Gasteiger partial charge in [0.05, 0.1) is 6.61 Å². The van der Waals surface area contributed by atoms with Crippen LogP contribution in [0.25, 0.3) is 0 Å². The zero-order chi connectivity index (χ0) is 12.6. The lowest BCUT2D eigenvalue weighted by Crippen LogP contribution is -2.48. The first-order valence-electron chi connectivity index (χ1n) is 6.76. The highest BCUT2D eigenvalue weighted by molar-refractivity contribution is 5.77. The molecular weight excluding hydrogens is 216 g/mol. The molecule has 1 aliphatic rings. The van der Waals surface area contributed by atoms with Crippen LogP contribution in [0.3, 0.4) is 0 Å². The summed E-state index contributed by atoms with van der Waals surface area (Å²) in [5.41, 5.74) is 0.0357. The maximum Gasteiger partial charge on any atom is 0.221 e. The predicted molar refractivity (Wildman–Crippen MR) is 69.0 cm³/mol. The smallest absolute Gasteiger partial charge is 0.221 e. The van der Waals surface area contributed by atoms with E-state index in [0.29, 0.717) is 26.2 Å². The van der Waals surface area contributed by atoms with E-state index >= 15 is 0 Å². The normalized spacial score (nSPS) is 18.9. The van der Waals surface area contributed by atoms with Gasteiger partial charge < -0.3 is 15.4 Å². The van der Waals surface area contributed by atoms with E-state index < -0.39 is 0 Å². The molecule has 0 aromatic heterocycles. The summed E-state index contributed by atoms with van der Waals surface area (Å²) >= 11 is 0. The van der Waals surface area contributed by atoms with Crippen LogP contribution < -0.4 is 10.6 Å². The Morgan fingerprint density at radius 1 is 1.29 bits per heavy atom. The van der Waals surface area contributed by atoms with Crippen molar-refractivity contribution in [3.05, 3.63) is 0 Å². The molecule has 0 unspecified atom stereocenters. The van der Waals surface area contributed by atoms with Crippen LogP contribution in [-0.4, -0.2) is 38.3 Å². The second-order valence-corrected chi connectivity index (χ2v) is 4.81. The number of hydrogen-bond donors (Lipinski definition) is 2. The van der Waals surface area contributed by atoms with Crippen LogP contribution in [0.4, 0.5) is 0 Å². The molecule has 2 N–H and O–H groups in total. The molecule has 1 fully saturated rings. The molecule has 1 aliphatic carbocycles. The van der Waals surface area contributed by atoms with Gasteiger partial charge in [0.2, 0.25) is 5.91 Å². The standard InChI is InChI=1S/C13H26N2O2/c1-3-17-10-9-15-12(16)11-13(14-2)7-5-4-6-8-13/h14H,3-11H2,1-2H3,(H,15,16). The molecule has 0 aromatic carbocycles. The fourth-order valence-corrected chi connectivity index (χ4v) is 2.52. The first-order valence-corrected chi connectivity index (χ1v) is 6.76. The third-order valence-corrected chi connectivity index (χ3v) is 3.61. The number of nitrogens with one attached hydrogen (secondary N) is 2. The summed E-state index contributed by atoms with van der Waals surface area (Å²) in [5, 5.41) is 6.28. The molecule has 0 spiro atoms. The van der Waals surface area contributed by atoms with E-state index in [1.165, 1.54) is 19.3 Å². The Hall–Kier alpha value is -0.610. The summed E-state index contributed by atoms with van der Waals surface area (Å²) < 4.78 is 5.20. The second kappa shape index (κ2) is 7.67. The average Bonchev–Trinajstić information content (AvgIpc) is 2.36. The van der Waals surface area contributed by atoms with Gasteiger partial charge in [-0.2, -0.15) is 0 Å². The SMILES string of the molecule is CCOCCNC(=O)CC1(NC)CCCCC1. The lowest BCUT2D eigenvalue weighted by atomic mass is 9.79. The Morgan fingerprint density at radius 2 is 2.00 bits per heavy atom. The van der Waals surface area contributed by atoms with Gasteiger partial charge in [0.1, 0.15) is 0 Å². The van der Waals surface area contributed by atoms with Gasteiger partial charge in [-0.15, -0.1) is 0 Å². The van der Waals surface area contributed by atoms with Crippen molar-refractivity contribution in [2.75, 3.05) is 26.8 Å². The maximum absolute atomic E-state index is 11.8. The molecule has 1 rings (SSSR count). The minimum Gasteiger partial charge on any atom is -0.380 e. The van der Waals surface area contributed by atoms with Crippen molar-refractivity contribution in [3.63, 3.8) is 0 Å². The van der Waals surface area contributed by atoms with Crippen molar-refractivity contribution < 1.29 is 9.53 Å². The molecule has 0 heterocycles. The summed E-state index contributed by atoms with van der Waals surface area (Å²) in [4.78, 5) is 11.8. The van der Waals surface area contributed by atoms with E-state index in [4.69, 9.17) is 4.74 Å². The summed E-state index contributed by atoms with van der Waals surface area (Å²) in [7, 11) is 1.97. The van der Waals surface area contributed by atoms with Gasteiger partial charge >= 0.3 is 0 Å². The molecular formula is C13H26N2O2. The molecule has 0 aromatic rings. The van der Waals surface area contributed by atoms with E-state index in [-0.39, 0.29) is 11.4 Å². The molecule has 0 bridgehead atoms. The fraction of sp³-hybridized carbons (Fsp3) is 0.923. The van der Waals surface area contributed by atoms with Crippen LogP contribution in [0.2, 0.25) is 0 Å². The van der Waals surface area contributed by atoms with E-state index in [2.05, 4.69) is 10.6 Å². The fourth-order valence-electron chi connectivity index (χ4n) is 2.52. The van der Waals surface area contributed by atoms with Crippen molar-refractivity contribution in [1.29, 1.82) is 0 Å². The van der Waals surface area contributed by atoms with Crippen molar-refractivity contribution in [2.24, 2.45) is 0 Å². The zero-order valence-electron chi connectivity index (χ0n) is 11.2. The van der Waals surface area contributed by atoms with Crippen LogP contribution in [0.15, 0.2) is 0 Å². The average molecular weight is 242 g/mol. The molecule has 1 saturated carbocycles. The van der Waals surface area contributed by atoms with Gasteiger partial charge in [0.25, 0.3) is 0 Å². The monoisotopic (exact) mass is 242 g/mol. The highest BCUT2D eigenvalue weighted by Crippen LogP contribution is 2.30. The third-order valence-electron chi connectivity index (χ3n) is 3.61. The molecule has 100 valence electrons. The molecule has 0 radical (unpaired) electrons. The van der Waals surface area contributed by atoms with Gasteiger partial charge in [0.15, 0.2) is 0 Å². The highest BCUT2D eigenvalue weighted by atomic mass is 16.5. The van der Waals surface area contributed by atoms with E-state index in [1.54, 1.807) is 0 Å². The number of hydrogen-bond acceptors (Lipinski definition) is 3. The predicted octanol–water partition coefficient (Wildman–Crippen LogP) is 1.45. The number of rotatable bonds is 7. The maximum atomic E-state index is 11.8. The number of ether oxygens (including phenoxy) is 1. The summed E-state index contributed by atoms with van der Waals surface area (Å²) in [6.45, 7) is 3.89. The summed E-state index contributed by atoms with van der Waals surface area (Å²) in [6, 6.07) is 0. The summed E-state index contributed by atoms with van der Waals surface area (Å²) in [6.07, 6.45) is 6.58. The van der Waals surface area contributed by atoms with Crippen LogP contribution in [-0.2, 0) is 9.53 Å². The Bertz CT molecular complexity index is 225. The van der Waals surface area contributed by atoms with Crippen LogP contribution in [0, 0.1) is 0 Å². The minimum absolute atomic E-state index is 0.0357. The molecule has 0 saturated heterocycles. The van der Waals surface area contributed by atoms with Crippen LogP contribution in [0.5, 0.6) is 0 Å². The molecule has 0 atom stereocenters. The van der Waals surface area contributed by atoms with Crippen LogP contribution >= 0.6 is 0 Å². The van der Waals surface area contributed by atoms with Gasteiger partial charge in [-0.1, -0.05) is 19.3 Å². The lowest BCUT2D eigenvalue weighted by Gasteiger charge is -2.36. The molecule has 17 heavy (non-hydrogen) atoms. The van der Waals surface area contributed by atoms with E-state index in [0.717, 1.165) is 12.8 Å². The summed E-state index contributed by atoms with van der Waals surface area (Å²) in [5.74, 6) is 0.140. The van der Waals surface area contributed by atoms with Crippen LogP contribution in [0.1, 0.15) is 45.4 Å². The molecule has 4 heteroatoms. The second-order valence-electron chi connectivity index (χ2n) is 4.81.